The van der Waals surface area contributed by atoms with Gasteiger partial charge in [0.15, 0.2) is 5.96 Å². The van der Waals surface area contributed by atoms with Crippen molar-refractivity contribution in [2.24, 2.45) is 15.9 Å². The highest BCUT2D eigenvalue weighted by molar-refractivity contribution is 7.89. The van der Waals surface area contributed by atoms with Crippen molar-refractivity contribution in [2.45, 2.75) is 18.4 Å². The molecule has 6 nitrogen and oxygen atoms in total. The minimum atomic E-state index is -3.68. The maximum absolute atomic E-state index is 11.3. The second kappa shape index (κ2) is 6.35. The number of aryl methyl sites for hydroxylation is 1. The van der Waals surface area contributed by atoms with Gasteiger partial charge in [-0.1, -0.05) is 18.2 Å². The monoisotopic (exact) mass is 282 g/mol. The van der Waals surface area contributed by atoms with E-state index in [1.165, 1.54) is 6.07 Å². The summed E-state index contributed by atoms with van der Waals surface area (Å²) >= 11 is 0. The Balaban J connectivity index is 2.82. The number of guanidine groups is 1. The first-order valence-corrected chi connectivity index (χ1v) is 7.16. The minimum absolute atomic E-state index is 0.123. The lowest BCUT2D eigenvalue weighted by Crippen LogP contribution is -2.31. The van der Waals surface area contributed by atoms with Crippen LogP contribution in [0.1, 0.15) is 11.1 Å². The number of nitrogens with zero attached hydrogens (tertiary/aromatic N) is 1. The number of nitrogens with one attached hydrogen (secondary N) is 1. The lowest BCUT2D eigenvalue weighted by Gasteiger charge is -2.06. The van der Waals surface area contributed by atoms with Crippen molar-refractivity contribution in [3.63, 3.8) is 0 Å². The molecule has 0 bridgehead atoms. The van der Waals surface area contributed by atoms with Gasteiger partial charge in [-0.15, -0.1) is 6.58 Å². The Bertz CT molecular complexity index is 594. The summed E-state index contributed by atoms with van der Waals surface area (Å²) in [7, 11) is -3.68. The lowest BCUT2D eigenvalue weighted by molar-refractivity contribution is 0.597. The predicted octanol–water partition coefficient (Wildman–Crippen LogP) is 0.233. The molecule has 0 unspecified atom stereocenters. The Morgan fingerprint density at radius 1 is 1.53 bits per heavy atom. The fraction of sp³-hybridized carbons (Fsp3) is 0.250. The van der Waals surface area contributed by atoms with E-state index in [0.717, 1.165) is 5.56 Å². The molecule has 0 aliphatic carbocycles. The first kappa shape index (κ1) is 15.2. The van der Waals surface area contributed by atoms with Crippen LogP contribution in [0.2, 0.25) is 0 Å². The van der Waals surface area contributed by atoms with E-state index < -0.39 is 10.0 Å². The van der Waals surface area contributed by atoms with E-state index >= 15 is 0 Å². The van der Waals surface area contributed by atoms with Crippen LogP contribution in [0.25, 0.3) is 0 Å². The molecule has 7 heteroatoms. The fourth-order valence-electron chi connectivity index (χ4n) is 1.54. The maximum atomic E-state index is 11.3. The SMILES string of the molecule is C=CCNC(N)=NCc1ccc(S(N)(=O)=O)c(C)c1. The topological polar surface area (TPSA) is 111 Å². The van der Waals surface area contributed by atoms with E-state index in [0.29, 0.717) is 24.6 Å². The number of hydrogen-bond donors (Lipinski definition) is 3. The summed E-state index contributed by atoms with van der Waals surface area (Å²) in [5.74, 6) is 0.313. The Kier molecular flexibility index (Phi) is 5.08. The third-order valence-corrected chi connectivity index (χ3v) is 3.48. The van der Waals surface area contributed by atoms with Gasteiger partial charge in [-0.3, -0.25) is 0 Å². The van der Waals surface area contributed by atoms with Gasteiger partial charge in [-0.25, -0.2) is 18.5 Å². The average Bonchev–Trinajstić information content (AvgIpc) is 2.32. The highest BCUT2D eigenvalue weighted by atomic mass is 32.2. The smallest absolute Gasteiger partial charge is 0.238 e. The number of benzene rings is 1. The van der Waals surface area contributed by atoms with Crippen molar-refractivity contribution in [1.82, 2.24) is 5.32 Å². The zero-order valence-electron chi connectivity index (χ0n) is 10.8. The van der Waals surface area contributed by atoms with Gasteiger partial charge >= 0.3 is 0 Å². The summed E-state index contributed by atoms with van der Waals surface area (Å²) < 4.78 is 22.5. The van der Waals surface area contributed by atoms with E-state index in [1.807, 2.05) is 0 Å². The molecule has 0 aromatic heterocycles. The Hall–Kier alpha value is -1.86. The zero-order valence-corrected chi connectivity index (χ0v) is 11.6. The molecule has 19 heavy (non-hydrogen) atoms. The molecule has 0 radical (unpaired) electrons. The summed E-state index contributed by atoms with van der Waals surface area (Å²) in [5, 5.41) is 7.94. The molecule has 5 N–H and O–H groups in total. The quantitative estimate of drug-likeness (QED) is 0.408. The van der Waals surface area contributed by atoms with Crippen molar-refractivity contribution in [2.75, 3.05) is 6.54 Å². The molecule has 0 aliphatic rings. The van der Waals surface area contributed by atoms with Crippen LogP contribution in [0, 0.1) is 6.92 Å². The molecule has 0 heterocycles. The molecule has 104 valence electrons. The van der Waals surface area contributed by atoms with Crippen LogP contribution in [-0.4, -0.2) is 20.9 Å². The van der Waals surface area contributed by atoms with E-state index in [-0.39, 0.29) is 4.90 Å². The van der Waals surface area contributed by atoms with Crippen LogP contribution in [0.3, 0.4) is 0 Å². The maximum Gasteiger partial charge on any atom is 0.238 e. The van der Waals surface area contributed by atoms with Crippen molar-refractivity contribution < 1.29 is 8.42 Å². The molecule has 1 aromatic rings. The minimum Gasteiger partial charge on any atom is -0.370 e. The highest BCUT2D eigenvalue weighted by Gasteiger charge is 2.11. The second-order valence-corrected chi connectivity index (χ2v) is 5.55. The van der Waals surface area contributed by atoms with E-state index in [1.54, 1.807) is 25.1 Å². The van der Waals surface area contributed by atoms with Gasteiger partial charge in [0.05, 0.1) is 11.4 Å². The second-order valence-electron chi connectivity index (χ2n) is 4.02. The average molecular weight is 282 g/mol. The molecule has 0 amide bonds. The van der Waals surface area contributed by atoms with E-state index in [9.17, 15) is 8.42 Å². The molecule has 0 saturated heterocycles. The number of rotatable bonds is 5. The molecule has 0 saturated carbocycles. The van der Waals surface area contributed by atoms with Gasteiger partial charge in [-0.05, 0) is 24.1 Å². The Morgan fingerprint density at radius 2 is 2.21 bits per heavy atom. The van der Waals surface area contributed by atoms with Crippen LogP contribution in [0.4, 0.5) is 0 Å². The van der Waals surface area contributed by atoms with Crippen LogP contribution < -0.4 is 16.2 Å². The standard InChI is InChI=1S/C12H18N4O2S/c1-3-6-15-12(13)16-8-10-4-5-11(9(2)7-10)19(14,17)18/h3-5,7H,1,6,8H2,2H3,(H3,13,15,16)(H2,14,17,18). The van der Waals surface area contributed by atoms with Gasteiger partial charge in [-0.2, -0.15) is 0 Å². The van der Waals surface area contributed by atoms with Gasteiger partial charge < -0.3 is 11.1 Å². The van der Waals surface area contributed by atoms with E-state index in [2.05, 4.69) is 16.9 Å². The number of hydrogen-bond acceptors (Lipinski definition) is 3. The summed E-state index contributed by atoms with van der Waals surface area (Å²) in [5.41, 5.74) is 7.07. The third-order valence-electron chi connectivity index (χ3n) is 2.41. The number of sulfonamides is 1. The van der Waals surface area contributed by atoms with Crippen molar-refractivity contribution in [1.29, 1.82) is 0 Å². The summed E-state index contributed by atoms with van der Waals surface area (Å²) in [6, 6.07) is 4.87. The zero-order chi connectivity index (χ0) is 14.5. The van der Waals surface area contributed by atoms with Gasteiger partial charge in [0.25, 0.3) is 0 Å². The Morgan fingerprint density at radius 3 is 2.74 bits per heavy atom. The molecule has 0 spiro atoms. The first-order valence-electron chi connectivity index (χ1n) is 5.61. The van der Waals surface area contributed by atoms with Crippen molar-refractivity contribution in [3.8, 4) is 0 Å². The Labute approximate surface area is 113 Å². The van der Waals surface area contributed by atoms with Crippen molar-refractivity contribution in [3.05, 3.63) is 42.0 Å². The van der Waals surface area contributed by atoms with Crippen LogP contribution in [-0.2, 0) is 16.6 Å². The predicted molar refractivity (Wildman–Crippen MR) is 76.1 cm³/mol. The molecule has 1 aromatic carbocycles. The summed E-state index contributed by atoms with van der Waals surface area (Å²) in [6.07, 6.45) is 1.67. The van der Waals surface area contributed by atoms with Crippen molar-refractivity contribution >= 4 is 16.0 Å². The van der Waals surface area contributed by atoms with Crippen LogP contribution in [0.15, 0.2) is 40.7 Å². The molecule has 1 rings (SSSR count). The largest absolute Gasteiger partial charge is 0.370 e. The van der Waals surface area contributed by atoms with E-state index in [4.69, 9.17) is 10.9 Å². The molecule has 0 aliphatic heterocycles. The molecular formula is C12H18N4O2S. The third kappa shape index (κ3) is 4.72. The number of aliphatic imine (C=N–C) groups is 1. The van der Waals surface area contributed by atoms with Gasteiger partial charge in [0, 0.05) is 6.54 Å². The highest BCUT2D eigenvalue weighted by Crippen LogP contribution is 2.15. The number of nitrogens with two attached hydrogens (primary N) is 2. The number of primary sulfonamides is 1. The molecular weight excluding hydrogens is 264 g/mol. The molecule has 0 fully saturated rings. The fourth-order valence-corrected chi connectivity index (χ4v) is 2.30. The molecule has 0 atom stereocenters. The summed E-state index contributed by atoms with van der Waals surface area (Å²) in [6.45, 7) is 6.14. The first-order chi connectivity index (χ1) is 8.84. The lowest BCUT2D eigenvalue weighted by atomic mass is 10.1. The summed E-state index contributed by atoms with van der Waals surface area (Å²) in [4.78, 5) is 4.24. The van der Waals surface area contributed by atoms with Crippen LogP contribution >= 0.6 is 0 Å². The normalized spacial score (nSPS) is 12.2. The van der Waals surface area contributed by atoms with Gasteiger partial charge in [0.1, 0.15) is 0 Å². The van der Waals surface area contributed by atoms with Crippen LogP contribution in [0.5, 0.6) is 0 Å². The van der Waals surface area contributed by atoms with Gasteiger partial charge in [0.2, 0.25) is 10.0 Å².